The van der Waals surface area contributed by atoms with Gasteiger partial charge in [-0.15, -0.1) is 0 Å². The molecule has 0 aliphatic rings. The lowest BCUT2D eigenvalue weighted by Gasteiger charge is -2.18. The van der Waals surface area contributed by atoms with Gasteiger partial charge in [0.1, 0.15) is 11.3 Å². The smallest absolute Gasteiger partial charge is 0.343 e. The number of esters is 2. The summed E-state index contributed by atoms with van der Waals surface area (Å²) in [5, 5.41) is 10.8. The molecule has 0 fully saturated rings. The maximum Gasteiger partial charge on any atom is 0.343 e. The zero-order chi connectivity index (χ0) is 18.6. The summed E-state index contributed by atoms with van der Waals surface area (Å²) in [6.45, 7) is 0. The molecule has 1 aromatic heterocycles. The Labute approximate surface area is 148 Å². The molecule has 0 saturated heterocycles. The lowest BCUT2D eigenvalue weighted by Crippen LogP contribution is -2.22. The van der Waals surface area contributed by atoms with E-state index in [2.05, 4.69) is 14.5 Å². The number of hydrogen-bond acceptors (Lipinski definition) is 6. The number of carbonyl (C=O) groups excluding carboxylic acids is 2. The number of aromatic amines is 1. The van der Waals surface area contributed by atoms with Crippen LogP contribution in [0, 0.1) is 0 Å². The second kappa shape index (κ2) is 7.85. The van der Waals surface area contributed by atoms with Crippen LogP contribution in [0.2, 0.25) is 5.02 Å². The van der Waals surface area contributed by atoms with Gasteiger partial charge in [0.25, 0.3) is 5.56 Å². The lowest BCUT2D eigenvalue weighted by molar-refractivity contribution is -0.140. The van der Waals surface area contributed by atoms with Crippen LogP contribution >= 0.6 is 11.6 Å². The Morgan fingerprint density at radius 3 is 2.60 bits per heavy atom. The molecule has 8 heteroatoms. The van der Waals surface area contributed by atoms with Gasteiger partial charge in [-0.2, -0.15) is 0 Å². The number of benzene rings is 1. The number of hydrogen-bond donors (Lipinski definition) is 2. The first-order chi connectivity index (χ1) is 11.9. The molecule has 0 unspecified atom stereocenters. The predicted molar refractivity (Wildman–Crippen MR) is 90.0 cm³/mol. The zero-order valence-electron chi connectivity index (χ0n) is 13.5. The summed E-state index contributed by atoms with van der Waals surface area (Å²) >= 11 is 5.99. The molecule has 0 radical (unpaired) electrons. The minimum atomic E-state index is -0.862. The van der Waals surface area contributed by atoms with E-state index < -0.39 is 29.2 Å². The Bertz CT molecular complexity index is 860. The van der Waals surface area contributed by atoms with Crippen molar-refractivity contribution in [1.29, 1.82) is 0 Å². The van der Waals surface area contributed by atoms with E-state index >= 15 is 0 Å². The van der Waals surface area contributed by atoms with Crippen molar-refractivity contribution in [2.75, 3.05) is 14.2 Å². The van der Waals surface area contributed by atoms with Gasteiger partial charge in [-0.1, -0.05) is 23.7 Å². The summed E-state index contributed by atoms with van der Waals surface area (Å²) in [4.78, 5) is 38.3. The van der Waals surface area contributed by atoms with Crippen LogP contribution in [-0.2, 0) is 14.3 Å². The van der Waals surface area contributed by atoms with Crippen molar-refractivity contribution < 1.29 is 24.2 Å². The van der Waals surface area contributed by atoms with Crippen molar-refractivity contribution in [3.63, 3.8) is 0 Å². The molecule has 7 nitrogen and oxygen atoms in total. The molecule has 1 atom stereocenters. The highest BCUT2D eigenvalue weighted by atomic mass is 35.5. The SMILES string of the molecule is COC(=O)C[C@H](c1cccc(Cl)c1)c1c(O)c(C(=O)OC)c[nH]c1=O. The fourth-order valence-electron chi connectivity index (χ4n) is 2.49. The van der Waals surface area contributed by atoms with Crippen LogP contribution in [0.25, 0.3) is 0 Å². The molecule has 1 aromatic carbocycles. The highest BCUT2D eigenvalue weighted by Crippen LogP contribution is 2.34. The molecular formula is C17H16ClNO6. The topological polar surface area (TPSA) is 106 Å². The van der Waals surface area contributed by atoms with Crippen LogP contribution in [0.1, 0.15) is 33.8 Å². The van der Waals surface area contributed by atoms with Crippen molar-refractivity contribution in [1.82, 2.24) is 4.98 Å². The fraction of sp³-hybridized carbons (Fsp3) is 0.235. The highest BCUT2D eigenvalue weighted by Gasteiger charge is 2.28. The third kappa shape index (κ3) is 4.00. The summed E-state index contributed by atoms with van der Waals surface area (Å²) in [7, 11) is 2.36. The van der Waals surface area contributed by atoms with Gasteiger partial charge >= 0.3 is 11.9 Å². The Hall–Kier alpha value is -2.80. The summed E-state index contributed by atoms with van der Waals surface area (Å²) in [6, 6.07) is 6.51. The zero-order valence-corrected chi connectivity index (χ0v) is 14.3. The van der Waals surface area contributed by atoms with Crippen LogP contribution in [0.3, 0.4) is 0 Å². The average molecular weight is 366 g/mol. The van der Waals surface area contributed by atoms with E-state index in [1.165, 1.54) is 7.11 Å². The highest BCUT2D eigenvalue weighted by molar-refractivity contribution is 6.30. The number of ether oxygens (including phenoxy) is 2. The van der Waals surface area contributed by atoms with Crippen molar-refractivity contribution in [3.05, 3.63) is 62.5 Å². The largest absolute Gasteiger partial charge is 0.506 e. The van der Waals surface area contributed by atoms with Gasteiger partial charge in [0.2, 0.25) is 0 Å². The number of aromatic nitrogens is 1. The lowest BCUT2D eigenvalue weighted by atomic mass is 9.88. The number of rotatable bonds is 5. The molecule has 0 amide bonds. The molecule has 0 aliphatic heterocycles. The molecule has 2 rings (SSSR count). The predicted octanol–water partition coefficient (Wildman–Crippen LogP) is 2.22. The maximum absolute atomic E-state index is 12.3. The molecule has 132 valence electrons. The number of H-pyrrole nitrogens is 1. The molecule has 2 N–H and O–H groups in total. The van der Waals surface area contributed by atoms with E-state index in [9.17, 15) is 19.5 Å². The quantitative estimate of drug-likeness (QED) is 0.787. The van der Waals surface area contributed by atoms with E-state index in [4.69, 9.17) is 11.6 Å². The van der Waals surface area contributed by atoms with Gasteiger partial charge in [0, 0.05) is 17.1 Å². The van der Waals surface area contributed by atoms with Crippen LogP contribution < -0.4 is 5.56 Å². The number of nitrogens with one attached hydrogen (secondary N) is 1. The summed E-state index contributed by atoms with van der Waals surface area (Å²) in [6.07, 6.45) is 0.832. The molecule has 0 saturated carbocycles. The first-order valence-electron chi connectivity index (χ1n) is 7.24. The van der Waals surface area contributed by atoms with Crippen molar-refractivity contribution in [2.24, 2.45) is 0 Å². The van der Waals surface area contributed by atoms with E-state index in [1.807, 2.05) is 0 Å². The van der Waals surface area contributed by atoms with Crippen LogP contribution in [0.15, 0.2) is 35.3 Å². The Balaban J connectivity index is 2.67. The molecular weight excluding hydrogens is 350 g/mol. The Morgan fingerprint density at radius 2 is 2.00 bits per heavy atom. The van der Waals surface area contributed by atoms with Gasteiger partial charge in [-0.3, -0.25) is 9.59 Å². The molecule has 25 heavy (non-hydrogen) atoms. The van der Waals surface area contributed by atoms with Gasteiger partial charge < -0.3 is 19.6 Å². The number of pyridine rings is 1. The Kier molecular flexibility index (Phi) is 5.82. The fourth-order valence-corrected chi connectivity index (χ4v) is 2.68. The first kappa shape index (κ1) is 18.5. The minimum Gasteiger partial charge on any atom is -0.506 e. The second-order valence-electron chi connectivity index (χ2n) is 5.17. The number of methoxy groups -OCH3 is 2. The van der Waals surface area contributed by atoms with E-state index in [-0.39, 0.29) is 17.5 Å². The van der Waals surface area contributed by atoms with Crippen molar-refractivity contribution >= 4 is 23.5 Å². The van der Waals surface area contributed by atoms with E-state index in [0.29, 0.717) is 10.6 Å². The summed E-state index contributed by atoms with van der Waals surface area (Å²) in [5.74, 6) is -2.82. The number of carbonyl (C=O) groups is 2. The van der Waals surface area contributed by atoms with Gasteiger partial charge in [-0.05, 0) is 17.7 Å². The Morgan fingerprint density at radius 1 is 1.28 bits per heavy atom. The first-order valence-corrected chi connectivity index (χ1v) is 7.62. The van der Waals surface area contributed by atoms with Crippen molar-refractivity contribution in [3.8, 4) is 5.75 Å². The standard InChI is InChI=1S/C17H16ClNO6/c1-24-13(20)7-11(9-4-3-5-10(18)6-9)14-15(21)12(17(23)25-2)8-19-16(14)22/h3-6,8,11H,7H2,1-2H3,(H2,19,21,22)/t11-/m1/s1. The maximum atomic E-state index is 12.3. The third-order valence-electron chi connectivity index (χ3n) is 3.71. The minimum absolute atomic E-state index is 0.143. The molecule has 1 heterocycles. The summed E-state index contributed by atoms with van der Waals surface area (Å²) < 4.78 is 9.26. The van der Waals surface area contributed by atoms with Gasteiger partial charge in [-0.25, -0.2) is 4.79 Å². The monoisotopic (exact) mass is 365 g/mol. The molecule has 2 aromatic rings. The number of halogens is 1. The normalized spacial score (nSPS) is 11.6. The van der Waals surface area contributed by atoms with Crippen molar-refractivity contribution in [2.45, 2.75) is 12.3 Å². The van der Waals surface area contributed by atoms with Gasteiger partial charge in [0.15, 0.2) is 0 Å². The van der Waals surface area contributed by atoms with E-state index in [0.717, 1.165) is 13.3 Å². The molecule has 0 spiro atoms. The third-order valence-corrected chi connectivity index (χ3v) is 3.94. The van der Waals surface area contributed by atoms with Crippen LogP contribution in [0.5, 0.6) is 5.75 Å². The summed E-state index contributed by atoms with van der Waals surface area (Å²) in [5.41, 5.74) is -0.482. The second-order valence-corrected chi connectivity index (χ2v) is 5.61. The van der Waals surface area contributed by atoms with Gasteiger partial charge in [0.05, 0.1) is 26.2 Å². The average Bonchev–Trinajstić information content (AvgIpc) is 2.60. The van der Waals surface area contributed by atoms with Crippen LogP contribution in [0.4, 0.5) is 0 Å². The van der Waals surface area contributed by atoms with E-state index in [1.54, 1.807) is 24.3 Å². The number of aromatic hydroxyl groups is 1. The molecule has 0 bridgehead atoms. The molecule has 0 aliphatic carbocycles. The van der Waals surface area contributed by atoms with Crippen LogP contribution in [-0.4, -0.2) is 36.2 Å².